The number of carbonyl (C=O) groups is 2. The summed E-state index contributed by atoms with van der Waals surface area (Å²) in [5.74, 6) is 0. The Kier molecular flexibility index (Phi) is 7.60. The molecule has 0 saturated heterocycles. The highest BCUT2D eigenvalue weighted by Crippen LogP contribution is 2.28. The Morgan fingerprint density at radius 2 is 0.973 bits per heavy atom. The fourth-order valence-corrected chi connectivity index (χ4v) is 4.45. The van der Waals surface area contributed by atoms with E-state index in [1.54, 1.807) is 9.13 Å². The van der Waals surface area contributed by atoms with Crippen molar-refractivity contribution in [2.75, 3.05) is 0 Å². The number of rotatable bonds is 4. The van der Waals surface area contributed by atoms with E-state index < -0.39 is 11.2 Å². The smallest absolute Gasteiger partial charge is 0.418 e. The predicted molar refractivity (Wildman–Crippen MR) is 147 cm³/mol. The Morgan fingerprint density at radius 1 is 0.649 bits per heavy atom. The van der Waals surface area contributed by atoms with Gasteiger partial charge in [0, 0.05) is 48.0 Å². The first kappa shape index (κ1) is 28.4. The third-order valence-electron chi connectivity index (χ3n) is 6.91. The number of hydrogen-bond donors (Lipinski definition) is 1. The van der Waals surface area contributed by atoms with Gasteiger partial charge in [-0.25, -0.2) is 9.59 Å². The van der Waals surface area contributed by atoms with Gasteiger partial charge in [0.05, 0.1) is 0 Å². The summed E-state index contributed by atoms with van der Waals surface area (Å²) in [4.78, 5) is 29.5. The summed E-state index contributed by atoms with van der Waals surface area (Å²) >= 11 is 0. The normalized spacial score (nSPS) is 12.2. The Bertz CT molecular complexity index is 1240. The Labute approximate surface area is 221 Å². The van der Waals surface area contributed by atoms with E-state index in [1.165, 1.54) is 0 Å². The minimum Gasteiger partial charge on any atom is -0.443 e. The van der Waals surface area contributed by atoms with E-state index >= 15 is 0 Å². The van der Waals surface area contributed by atoms with Crippen LogP contribution in [-0.4, -0.2) is 37.5 Å². The Morgan fingerprint density at radius 3 is 1.27 bits per heavy atom. The van der Waals surface area contributed by atoms with Crippen LogP contribution in [-0.2, 0) is 22.3 Å². The summed E-state index contributed by atoms with van der Waals surface area (Å²) < 4.78 is 14.6. The zero-order valence-electron chi connectivity index (χ0n) is 24.6. The monoisotopic (exact) mass is 509 g/mol. The Hall–Kier alpha value is -3.22. The molecule has 3 heterocycles. The van der Waals surface area contributed by atoms with E-state index in [0.29, 0.717) is 12.8 Å². The fraction of sp³-hybridized carbons (Fsp3) is 0.533. The molecule has 3 aromatic rings. The number of aryl methyl sites for hydroxylation is 2. The molecular formula is C30H43N3O4. The molecule has 0 fully saturated rings. The van der Waals surface area contributed by atoms with Crippen molar-refractivity contribution in [1.29, 1.82) is 0 Å². The predicted octanol–water partition coefficient (Wildman–Crippen LogP) is 7.22. The largest absolute Gasteiger partial charge is 0.443 e. The maximum Gasteiger partial charge on any atom is 0.418 e. The molecule has 1 N–H and O–H groups in total. The number of hydrogen-bond acceptors (Lipinski definition) is 4. The van der Waals surface area contributed by atoms with E-state index in [0.717, 1.165) is 56.2 Å². The molecule has 0 unspecified atom stereocenters. The van der Waals surface area contributed by atoms with Gasteiger partial charge < -0.3 is 14.5 Å². The number of aromatic nitrogens is 3. The highest BCUT2D eigenvalue weighted by molar-refractivity contribution is 5.74. The highest BCUT2D eigenvalue weighted by Gasteiger charge is 2.25. The number of H-pyrrole nitrogens is 1. The topological polar surface area (TPSA) is 78.2 Å². The summed E-state index contributed by atoms with van der Waals surface area (Å²) in [6.07, 6.45) is 4.09. The number of carbonyl (C=O) groups excluding carboxylic acids is 2. The summed E-state index contributed by atoms with van der Waals surface area (Å²) in [5.41, 5.74) is 9.28. The van der Waals surface area contributed by atoms with Crippen LogP contribution in [0.1, 0.15) is 97.7 Å². The van der Waals surface area contributed by atoms with E-state index in [2.05, 4.69) is 18.8 Å². The molecule has 0 amide bonds. The molecule has 0 saturated carbocycles. The molecule has 0 spiro atoms. The van der Waals surface area contributed by atoms with Crippen molar-refractivity contribution in [3.63, 3.8) is 0 Å². The standard InChI is InChI=1S/C30H43N3O4/c1-17-15-32(27(34)36-29(7,8)9)25(19(17)3)13-23-21(5)22(6)24(31-23)14-26-20(4)18(2)16-33(26)28(35)37-30(10,11)12/h15-16,31H,13-14H2,1-12H3. The van der Waals surface area contributed by atoms with E-state index in [9.17, 15) is 9.59 Å². The van der Waals surface area contributed by atoms with Crippen molar-refractivity contribution in [2.45, 2.75) is 107 Å². The molecule has 0 atom stereocenters. The summed E-state index contributed by atoms with van der Waals surface area (Å²) in [6.45, 7) is 23.5. The average Bonchev–Trinajstić information content (AvgIpc) is 3.29. The molecule has 7 heteroatoms. The molecule has 3 rings (SSSR count). The van der Waals surface area contributed by atoms with Crippen LogP contribution in [0.4, 0.5) is 9.59 Å². The van der Waals surface area contributed by atoms with Gasteiger partial charge in [-0.05, 0) is 116 Å². The molecule has 7 nitrogen and oxygen atoms in total. The van der Waals surface area contributed by atoms with Gasteiger partial charge in [-0.15, -0.1) is 0 Å². The van der Waals surface area contributed by atoms with Crippen LogP contribution in [0.15, 0.2) is 12.4 Å². The van der Waals surface area contributed by atoms with E-state index in [-0.39, 0.29) is 12.2 Å². The first-order valence-electron chi connectivity index (χ1n) is 12.9. The van der Waals surface area contributed by atoms with Gasteiger partial charge in [0.25, 0.3) is 0 Å². The first-order chi connectivity index (χ1) is 16.9. The van der Waals surface area contributed by atoms with Crippen LogP contribution < -0.4 is 0 Å². The second-order valence-corrected chi connectivity index (χ2v) is 12.2. The van der Waals surface area contributed by atoms with E-state index in [4.69, 9.17) is 9.47 Å². The minimum atomic E-state index is -0.578. The zero-order valence-corrected chi connectivity index (χ0v) is 24.6. The lowest BCUT2D eigenvalue weighted by atomic mass is 10.0. The number of nitrogens with one attached hydrogen (secondary N) is 1. The molecule has 0 aromatic carbocycles. The number of aromatic amines is 1. The van der Waals surface area contributed by atoms with Crippen LogP contribution in [0.5, 0.6) is 0 Å². The molecule has 3 aromatic heterocycles. The SMILES string of the molecule is Cc1cn(C(=O)OC(C)(C)C)c(Cc2[nH]c(Cc3c(C)c(C)cn3C(=O)OC(C)(C)C)c(C)c2C)c1C. The van der Waals surface area contributed by atoms with Crippen LogP contribution in [0, 0.1) is 41.5 Å². The van der Waals surface area contributed by atoms with Crippen molar-refractivity contribution in [3.8, 4) is 0 Å². The van der Waals surface area contributed by atoms with Gasteiger partial charge in [-0.1, -0.05) is 0 Å². The van der Waals surface area contributed by atoms with Gasteiger partial charge in [0.2, 0.25) is 0 Å². The summed E-state index contributed by atoms with van der Waals surface area (Å²) in [5, 5.41) is 0. The van der Waals surface area contributed by atoms with Gasteiger partial charge in [-0.3, -0.25) is 9.13 Å². The fourth-order valence-electron chi connectivity index (χ4n) is 4.45. The van der Waals surface area contributed by atoms with Crippen molar-refractivity contribution in [2.24, 2.45) is 0 Å². The van der Waals surface area contributed by atoms with Crippen LogP contribution in [0.2, 0.25) is 0 Å². The lowest BCUT2D eigenvalue weighted by molar-refractivity contribution is 0.0522. The van der Waals surface area contributed by atoms with Gasteiger partial charge in [-0.2, -0.15) is 0 Å². The molecule has 37 heavy (non-hydrogen) atoms. The van der Waals surface area contributed by atoms with Crippen LogP contribution in [0.3, 0.4) is 0 Å². The number of ether oxygens (including phenoxy) is 2. The van der Waals surface area contributed by atoms with Gasteiger partial charge in [0.1, 0.15) is 11.2 Å². The quantitative estimate of drug-likeness (QED) is 0.403. The molecule has 0 aliphatic rings. The third kappa shape index (κ3) is 6.20. The molecule has 0 aliphatic carbocycles. The molecule has 0 bridgehead atoms. The van der Waals surface area contributed by atoms with Gasteiger partial charge in [0.15, 0.2) is 0 Å². The van der Waals surface area contributed by atoms with Crippen molar-refractivity contribution in [3.05, 3.63) is 68.6 Å². The average molecular weight is 510 g/mol. The second-order valence-electron chi connectivity index (χ2n) is 12.2. The third-order valence-corrected chi connectivity index (χ3v) is 6.91. The second kappa shape index (κ2) is 9.92. The number of nitrogens with zero attached hydrogens (tertiary/aromatic N) is 2. The molecular weight excluding hydrogens is 466 g/mol. The van der Waals surface area contributed by atoms with Gasteiger partial charge >= 0.3 is 12.2 Å². The molecule has 0 radical (unpaired) electrons. The highest BCUT2D eigenvalue weighted by atomic mass is 16.6. The first-order valence-corrected chi connectivity index (χ1v) is 12.9. The van der Waals surface area contributed by atoms with E-state index in [1.807, 2.05) is 81.6 Å². The maximum absolute atomic E-state index is 13.0. The van der Waals surface area contributed by atoms with Crippen molar-refractivity contribution >= 4 is 12.2 Å². The van der Waals surface area contributed by atoms with Crippen LogP contribution >= 0.6 is 0 Å². The Balaban J connectivity index is 1.97. The maximum atomic E-state index is 13.0. The minimum absolute atomic E-state index is 0.374. The molecule has 202 valence electrons. The lowest BCUT2D eigenvalue weighted by Crippen LogP contribution is -2.28. The zero-order chi connectivity index (χ0) is 28.0. The summed E-state index contributed by atoms with van der Waals surface area (Å²) in [6, 6.07) is 0. The summed E-state index contributed by atoms with van der Waals surface area (Å²) in [7, 11) is 0. The lowest BCUT2D eigenvalue weighted by Gasteiger charge is -2.20. The van der Waals surface area contributed by atoms with Crippen molar-refractivity contribution in [1.82, 2.24) is 14.1 Å². The van der Waals surface area contributed by atoms with Crippen molar-refractivity contribution < 1.29 is 19.1 Å². The molecule has 0 aliphatic heterocycles. The van der Waals surface area contributed by atoms with Crippen LogP contribution in [0.25, 0.3) is 0 Å².